The first-order valence-corrected chi connectivity index (χ1v) is 10.4. The Balaban J connectivity index is 0.000000655. The molecule has 0 aromatic heterocycles. The molecule has 2 aliphatic carbocycles. The van der Waals surface area contributed by atoms with Gasteiger partial charge in [-0.3, -0.25) is 0 Å². The summed E-state index contributed by atoms with van der Waals surface area (Å²) in [5.74, 6) is 0.802. The number of carbonyl (C=O) groups is 1. The van der Waals surface area contributed by atoms with Crippen molar-refractivity contribution in [1.82, 2.24) is 5.32 Å². The maximum atomic E-state index is 11.7. The van der Waals surface area contributed by atoms with E-state index in [1.807, 2.05) is 51.4 Å². The van der Waals surface area contributed by atoms with Crippen LogP contribution in [0.25, 0.3) is 0 Å². The Labute approximate surface area is 197 Å². The van der Waals surface area contributed by atoms with E-state index >= 15 is 0 Å². The number of hydrogen-bond donors (Lipinski definition) is 2. The van der Waals surface area contributed by atoms with Crippen molar-refractivity contribution in [2.24, 2.45) is 0 Å². The minimum Gasteiger partial charge on any atom is -0.444 e. The van der Waals surface area contributed by atoms with Gasteiger partial charge in [-0.05, 0) is 91.2 Å². The zero-order chi connectivity index (χ0) is 21.3. The number of rotatable bonds is 5. The van der Waals surface area contributed by atoms with Crippen LogP contribution >= 0.6 is 11.8 Å². The van der Waals surface area contributed by atoms with Crippen LogP contribution < -0.4 is 5.32 Å². The Bertz CT molecular complexity index is 606. The van der Waals surface area contributed by atoms with Gasteiger partial charge in [-0.1, -0.05) is 17.7 Å². The van der Waals surface area contributed by atoms with E-state index in [1.165, 1.54) is 5.56 Å². The van der Waals surface area contributed by atoms with Crippen LogP contribution in [0, 0.1) is 69.5 Å². The zero-order valence-corrected chi connectivity index (χ0v) is 19.7. The molecule has 0 bridgehead atoms. The molecule has 2 aliphatic rings. The van der Waals surface area contributed by atoms with Gasteiger partial charge in [0.25, 0.3) is 0 Å². The molecule has 4 nitrogen and oxygen atoms in total. The summed E-state index contributed by atoms with van der Waals surface area (Å²) in [7, 11) is 0. The summed E-state index contributed by atoms with van der Waals surface area (Å²) in [6.07, 6.45) is 14.4. The van der Waals surface area contributed by atoms with Gasteiger partial charge in [-0.25, -0.2) is 4.79 Å². The van der Waals surface area contributed by atoms with Crippen molar-refractivity contribution in [3.05, 3.63) is 92.4 Å². The van der Waals surface area contributed by atoms with Gasteiger partial charge in [0.1, 0.15) is 5.60 Å². The Hall–Kier alpha value is -0.681. The summed E-state index contributed by atoms with van der Waals surface area (Å²) in [4.78, 5) is 12.8. The molecule has 10 radical (unpaired) electrons. The van der Waals surface area contributed by atoms with Gasteiger partial charge < -0.3 is 15.2 Å². The second-order valence-electron chi connectivity index (χ2n) is 7.62. The molecule has 2 N–H and O–H groups in total. The minimum atomic E-state index is -0.777. The van der Waals surface area contributed by atoms with Crippen molar-refractivity contribution in [3.63, 3.8) is 0 Å². The average molecular weight is 467 g/mol. The largest absolute Gasteiger partial charge is 2.00 e. The van der Waals surface area contributed by atoms with Crippen LogP contribution in [0.1, 0.15) is 26.3 Å². The van der Waals surface area contributed by atoms with Crippen LogP contribution in [0.4, 0.5) is 4.79 Å². The van der Waals surface area contributed by atoms with Gasteiger partial charge in [0.15, 0.2) is 0 Å². The summed E-state index contributed by atoms with van der Waals surface area (Å²) in [6, 6.07) is 8.24. The first-order valence-electron chi connectivity index (χ1n) is 9.56. The van der Waals surface area contributed by atoms with E-state index < -0.39 is 17.8 Å². The van der Waals surface area contributed by atoms with Crippen molar-refractivity contribution in [2.45, 2.75) is 44.3 Å². The second-order valence-corrected chi connectivity index (χ2v) is 8.74. The standard InChI is InChI=1S/C19H24NO3S.C5H5.Fe/c1-13-8-10-14(11-9-13)24-17-7-5-6-15(17)16(21)12-20-18(22)23-19(2,3)4;1-2-4-5-3-1;/h5-11,16,21H,12H2,1-4H3,(H,20,22);1-5H;/q;;+2/t16-;;/m0../s1. The summed E-state index contributed by atoms with van der Waals surface area (Å²) >= 11 is 1.60. The number of amides is 1. The van der Waals surface area contributed by atoms with E-state index in [0.29, 0.717) is 0 Å². The fourth-order valence-corrected chi connectivity index (χ4v) is 3.44. The number of carbonyl (C=O) groups excluding carboxylic acids is 1. The summed E-state index contributed by atoms with van der Waals surface area (Å²) < 4.78 is 5.18. The second kappa shape index (κ2) is 13.7. The average Bonchev–Trinajstić information content (AvgIpc) is 3.35. The molecule has 2 saturated carbocycles. The maximum Gasteiger partial charge on any atom is 2.00 e. The maximum absolute atomic E-state index is 11.7. The summed E-state index contributed by atoms with van der Waals surface area (Å²) in [5.41, 5.74) is 0.658. The molecule has 3 rings (SSSR count). The van der Waals surface area contributed by atoms with Crippen molar-refractivity contribution in [2.75, 3.05) is 6.54 Å². The number of aliphatic hydroxyl groups is 1. The van der Waals surface area contributed by atoms with E-state index in [-0.39, 0.29) is 23.6 Å². The van der Waals surface area contributed by atoms with Gasteiger partial charge in [-0.15, -0.1) is 11.8 Å². The Morgan fingerprint density at radius 2 is 1.60 bits per heavy atom. The number of aliphatic hydroxyl groups excluding tert-OH is 1. The third kappa shape index (κ3) is 10.6. The molecular weight excluding hydrogens is 438 g/mol. The molecule has 0 heterocycles. The molecule has 2 fully saturated rings. The number of thioether (sulfide) groups is 1. The van der Waals surface area contributed by atoms with Gasteiger partial charge in [0.05, 0.1) is 6.10 Å². The molecule has 0 aliphatic heterocycles. The Morgan fingerprint density at radius 1 is 1.03 bits per heavy atom. The van der Waals surface area contributed by atoms with Gasteiger partial charge in [0, 0.05) is 22.6 Å². The quantitative estimate of drug-likeness (QED) is 0.616. The number of ether oxygens (including phenoxy) is 1. The van der Waals surface area contributed by atoms with Crippen LogP contribution in [0.2, 0.25) is 0 Å². The minimum absolute atomic E-state index is 0. The molecule has 0 saturated heterocycles. The number of benzene rings is 1. The molecule has 160 valence electrons. The molecule has 1 amide bonds. The fraction of sp³-hybridized carbons (Fsp3) is 0.292. The van der Waals surface area contributed by atoms with E-state index in [4.69, 9.17) is 4.74 Å². The smallest absolute Gasteiger partial charge is 0.444 e. The summed E-state index contributed by atoms with van der Waals surface area (Å²) in [6.45, 7) is 7.57. The normalized spacial score (nSPS) is 18.2. The number of aryl methyl sites for hydroxylation is 1. The molecule has 1 aromatic carbocycles. The molecule has 1 atom stereocenters. The van der Waals surface area contributed by atoms with E-state index in [0.717, 1.165) is 16.1 Å². The first-order chi connectivity index (χ1) is 13.7. The van der Waals surface area contributed by atoms with Crippen LogP contribution in [0.15, 0.2) is 29.2 Å². The molecule has 0 spiro atoms. The van der Waals surface area contributed by atoms with Crippen LogP contribution in [0.5, 0.6) is 0 Å². The molecule has 0 unspecified atom stereocenters. The third-order valence-electron chi connectivity index (χ3n) is 3.81. The SMILES string of the molecule is Cc1ccc(S[C]2[CH][CH][CH][C]2[C@@H](O)CNC(=O)OC(C)(C)C)cc1.[CH]1[CH][CH][CH][CH]1.[Fe+2]. The first kappa shape index (κ1) is 27.4. The summed E-state index contributed by atoms with van der Waals surface area (Å²) in [5, 5.41) is 14.0. The number of nitrogens with one attached hydrogen (secondary N) is 1. The van der Waals surface area contributed by atoms with Crippen LogP contribution in [-0.4, -0.2) is 29.4 Å². The monoisotopic (exact) mass is 467 g/mol. The topological polar surface area (TPSA) is 58.6 Å². The van der Waals surface area contributed by atoms with Gasteiger partial charge in [0.2, 0.25) is 0 Å². The predicted octanol–water partition coefficient (Wildman–Crippen LogP) is 4.72. The Kier molecular flexibility index (Phi) is 12.5. The molecular formula is C24H29FeNO3S+2. The predicted molar refractivity (Wildman–Crippen MR) is 118 cm³/mol. The van der Waals surface area contributed by atoms with Crippen LogP contribution in [0.3, 0.4) is 0 Å². The van der Waals surface area contributed by atoms with Gasteiger partial charge >= 0.3 is 23.2 Å². The molecule has 1 aromatic rings. The van der Waals surface area contributed by atoms with Crippen molar-refractivity contribution >= 4 is 17.9 Å². The number of hydrogen-bond acceptors (Lipinski definition) is 4. The number of alkyl carbamates (subject to hydrolysis) is 1. The van der Waals surface area contributed by atoms with Crippen LogP contribution in [-0.2, 0) is 21.8 Å². The third-order valence-corrected chi connectivity index (χ3v) is 4.91. The molecule has 6 heteroatoms. The van der Waals surface area contributed by atoms with E-state index in [1.54, 1.807) is 32.5 Å². The Morgan fingerprint density at radius 3 is 2.13 bits per heavy atom. The van der Waals surface area contributed by atoms with Gasteiger partial charge in [-0.2, -0.15) is 0 Å². The van der Waals surface area contributed by atoms with Crippen molar-refractivity contribution in [3.8, 4) is 0 Å². The van der Waals surface area contributed by atoms with E-state index in [2.05, 4.69) is 36.5 Å². The van der Waals surface area contributed by atoms with E-state index in [9.17, 15) is 9.90 Å². The fourth-order valence-electron chi connectivity index (χ4n) is 2.44. The van der Waals surface area contributed by atoms with Crippen molar-refractivity contribution in [1.29, 1.82) is 0 Å². The molecule has 30 heavy (non-hydrogen) atoms. The van der Waals surface area contributed by atoms with Crippen molar-refractivity contribution < 1.29 is 31.7 Å². The zero-order valence-electron chi connectivity index (χ0n) is 17.7.